The van der Waals surface area contributed by atoms with Gasteiger partial charge in [0.25, 0.3) is 5.91 Å². The third-order valence-electron chi connectivity index (χ3n) is 6.93. The van der Waals surface area contributed by atoms with Crippen molar-refractivity contribution in [3.05, 3.63) is 68.7 Å². The van der Waals surface area contributed by atoms with Crippen LogP contribution in [0.5, 0.6) is 0 Å². The summed E-state index contributed by atoms with van der Waals surface area (Å²) in [6.07, 6.45) is 5.97. The summed E-state index contributed by atoms with van der Waals surface area (Å²) >= 11 is 12.5. The lowest BCUT2D eigenvalue weighted by atomic mass is 9.95. The normalized spacial score (nSPS) is 19.4. The minimum atomic E-state index is -0.279. The van der Waals surface area contributed by atoms with Crippen molar-refractivity contribution in [2.45, 2.75) is 58.0 Å². The summed E-state index contributed by atoms with van der Waals surface area (Å²) < 4.78 is 0. The molecule has 2 aromatic rings. The van der Waals surface area contributed by atoms with Gasteiger partial charge in [0.15, 0.2) is 0 Å². The van der Waals surface area contributed by atoms with Crippen molar-refractivity contribution in [3.63, 3.8) is 0 Å². The third-order valence-corrected chi connectivity index (χ3v) is 7.67. The molecule has 2 amide bonds. The maximum atomic E-state index is 13.4. The van der Waals surface area contributed by atoms with Crippen LogP contribution in [0.4, 0.5) is 0 Å². The fourth-order valence-electron chi connectivity index (χ4n) is 5.19. The highest BCUT2D eigenvalue weighted by atomic mass is 35.5. The van der Waals surface area contributed by atoms with Crippen molar-refractivity contribution in [3.8, 4) is 0 Å². The van der Waals surface area contributed by atoms with E-state index < -0.39 is 0 Å². The zero-order valence-corrected chi connectivity index (χ0v) is 21.5. The van der Waals surface area contributed by atoms with E-state index in [1.54, 1.807) is 6.07 Å². The Kier molecular flexibility index (Phi) is 8.18. The monoisotopic (exact) mass is 501 g/mol. The number of nitrogens with zero attached hydrogens (tertiary/aromatic N) is 2. The quantitative estimate of drug-likeness (QED) is 0.583. The Balaban J connectivity index is 1.54. The van der Waals surface area contributed by atoms with Crippen molar-refractivity contribution in [1.29, 1.82) is 0 Å². The Morgan fingerprint density at radius 2 is 1.65 bits per heavy atom. The van der Waals surface area contributed by atoms with Gasteiger partial charge in [-0.1, -0.05) is 65.7 Å². The Hall–Kier alpha value is -2.08. The largest absolute Gasteiger partial charge is 0.334 e. The predicted octanol–water partition coefficient (Wildman–Crippen LogP) is 5.56. The van der Waals surface area contributed by atoms with Crippen molar-refractivity contribution in [1.82, 2.24) is 15.1 Å². The summed E-state index contributed by atoms with van der Waals surface area (Å²) in [5.41, 5.74) is 3.70. The van der Waals surface area contributed by atoms with E-state index in [-0.39, 0.29) is 17.9 Å². The summed E-state index contributed by atoms with van der Waals surface area (Å²) in [5, 5.41) is 4.39. The van der Waals surface area contributed by atoms with Crippen LogP contribution in [0.15, 0.2) is 36.4 Å². The minimum absolute atomic E-state index is 0.00992. The molecule has 182 valence electrons. The van der Waals surface area contributed by atoms with E-state index in [9.17, 15) is 9.59 Å². The lowest BCUT2D eigenvalue weighted by Gasteiger charge is -2.42. The number of nitrogens with one attached hydrogen (secondary N) is 1. The summed E-state index contributed by atoms with van der Waals surface area (Å²) in [7, 11) is 0. The Bertz CT molecular complexity index is 1030. The first-order chi connectivity index (χ1) is 16.3. The lowest BCUT2D eigenvalue weighted by Crippen LogP contribution is -2.54. The summed E-state index contributed by atoms with van der Waals surface area (Å²) in [5.74, 6) is 0.0458. The molecule has 0 spiro atoms. The van der Waals surface area contributed by atoms with Gasteiger partial charge in [0, 0.05) is 31.2 Å². The van der Waals surface area contributed by atoms with Gasteiger partial charge in [-0.3, -0.25) is 9.59 Å². The van der Waals surface area contributed by atoms with E-state index in [0.717, 1.165) is 29.5 Å². The number of halogens is 2. The standard InChI is InChI=1S/C27H33Cl2N3O2/c1-18-12-19(2)14-21(13-18)27(34)31-10-11-32(26(33)16-30-22-6-4-3-5-7-22)25(17-31)20-8-9-23(28)24(29)15-20/h8-9,12-15,22,25,30H,3-7,10-11,16-17H2,1-2H3. The maximum Gasteiger partial charge on any atom is 0.254 e. The number of rotatable bonds is 5. The molecule has 7 heteroatoms. The molecule has 1 heterocycles. The van der Waals surface area contributed by atoms with Gasteiger partial charge in [-0.15, -0.1) is 0 Å². The van der Waals surface area contributed by atoms with Crippen molar-refractivity contribution in [2.24, 2.45) is 0 Å². The van der Waals surface area contributed by atoms with Gasteiger partial charge in [-0.2, -0.15) is 0 Å². The Morgan fingerprint density at radius 1 is 0.941 bits per heavy atom. The van der Waals surface area contributed by atoms with Crippen LogP contribution in [0, 0.1) is 13.8 Å². The van der Waals surface area contributed by atoms with E-state index in [1.807, 2.05) is 47.9 Å². The van der Waals surface area contributed by atoms with Crippen LogP contribution >= 0.6 is 23.2 Å². The Morgan fingerprint density at radius 3 is 2.32 bits per heavy atom. The highest BCUT2D eigenvalue weighted by Crippen LogP contribution is 2.31. The SMILES string of the molecule is Cc1cc(C)cc(C(=O)N2CCN(C(=O)CNC3CCCCC3)C(c3ccc(Cl)c(Cl)c3)C2)c1. The van der Waals surface area contributed by atoms with Gasteiger partial charge in [-0.05, 0) is 56.5 Å². The number of carbonyl (C=O) groups excluding carboxylic acids is 2. The van der Waals surface area contributed by atoms with Crippen LogP contribution in [0.3, 0.4) is 0 Å². The summed E-state index contributed by atoms with van der Waals surface area (Å²) in [4.78, 5) is 30.4. The molecule has 1 unspecified atom stereocenters. The smallest absolute Gasteiger partial charge is 0.254 e. The average molecular weight is 502 g/mol. The molecule has 2 fully saturated rings. The molecule has 1 aliphatic heterocycles. The van der Waals surface area contributed by atoms with Crippen LogP contribution in [0.1, 0.15) is 65.2 Å². The number of carbonyl (C=O) groups is 2. The topological polar surface area (TPSA) is 52.7 Å². The number of piperazine rings is 1. The molecule has 1 N–H and O–H groups in total. The third kappa shape index (κ3) is 5.94. The molecule has 1 aliphatic carbocycles. The van der Waals surface area contributed by atoms with Crippen LogP contribution in [-0.2, 0) is 4.79 Å². The van der Waals surface area contributed by atoms with Gasteiger partial charge in [0.05, 0.1) is 22.6 Å². The molecule has 2 aromatic carbocycles. The molecule has 0 radical (unpaired) electrons. The second kappa shape index (κ2) is 11.1. The van der Waals surface area contributed by atoms with Crippen molar-refractivity contribution in [2.75, 3.05) is 26.2 Å². The second-order valence-electron chi connectivity index (χ2n) is 9.62. The first-order valence-electron chi connectivity index (χ1n) is 12.2. The average Bonchev–Trinajstić information content (AvgIpc) is 2.83. The summed E-state index contributed by atoms with van der Waals surface area (Å²) in [6, 6.07) is 11.5. The van der Waals surface area contributed by atoms with E-state index in [0.29, 0.717) is 47.8 Å². The molecule has 1 atom stereocenters. The number of amides is 2. The van der Waals surface area contributed by atoms with Crippen LogP contribution in [-0.4, -0.2) is 53.8 Å². The minimum Gasteiger partial charge on any atom is -0.334 e. The molecule has 1 saturated heterocycles. The maximum absolute atomic E-state index is 13.4. The zero-order chi connectivity index (χ0) is 24.2. The highest BCUT2D eigenvalue weighted by molar-refractivity contribution is 6.42. The first-order valence-corrected chi connectivity index (χ1v) is 12.9. The highest BCUT2D eigenvalue weighted by Gasteiger charge is 2.34. The number of hydrogen-bond acceptors (Lipinski definition) is 3. The van der Waals surface area contributed by atoms with E-state index >= 15 is 0 Å². The molecular formula is C27H33Cl2N3O2. The van der Waals surface area contributed by atoms with Gasteiger partial charge >= 0.3 is 0 Å². The van der Waals surface area contributed by atoms with Gasteiger partial charge < -0.3 is 15.1 Å². The Labute approximate surface area is 212 Å². The second-order valence-corrected chi connectivity index (χ2v) is 10.4. The van der Waals surface area contributed by atoms with E-state index in [4.69, 9.17) is 23.2 Å². The molecule has 0 aromatic heterocycles. The molecule has 1 saturated carbocycles. The number of aryl methyl sites for hydroxylation is 2. The lowest BCUT2D eigenvalue weighted by molar-refractivity contribution is -0.135. The van der Waals surface area contributed by atoms with Crippen LogP contribution in [0.2, 0.25) is 10.0 Å². The van der Waals surface area contributed by atoms with Crippen LogP contribution < -0.4 is 5.32 Å². The van der Waals surface area contributed by atoms with Gasteiger partial charge in [0.2, 0.25) is 5.91 Å². The molecule has 34 heavy (non-hydrogen) atoms. The van der Waals surface area contributed by atoms with Gasteiger partial charge in [-0.25, -0.2) is 0 Å². The van der Waals surface area contributed by atoms with Crippen molar-refractivity contribution >= 4 is 35.0 Å². The number of hydrogen-bond donors (Lipinski definition) is 1. The molecule has 5 nitrogen and oxygen atoms in total. The molecule has 0 bridgehead atoms. The van der Waals surface area contributed by atoms with E-state index in [2.05, 4.69) is 11.4 Å². The first kappa shape index (κ1) is 25.0. The fourth-order valence-corrected chi connectivity index (χ4v) is 5.50. The van der Waals surface area contributed by atoms with Crippen molar-refractivity contribution < 1.29 is 9.59 Å². The number of benzene rings is 2. The molecule has 4 rings (SSSR count). The van der Waals surface area contributed by atoms with Gasteiger partial charge in [0.1, 0.15) is 0 Å². The summed E-state index contributed by atoms with van der Waals surface area (Å²) in [6.45, 7) is 5.70. The molecular weight excluding hydrogens is 469 g/mol. The predicted molar refractivity (Wildman–Crippen MR) is 138 cm³/mol. The molecule has 2 aliphatic rings. The zero-order valence-electron chi connectivity index (χ0n) is 19.9. The van der Waals surface area contributed by atoms with E-state index in [1.165, 1.54) is 19.3 Å². The van der Waals surface area contributed by atoms with Crippen LogP contribution in [0.25, 0.3) is 0 Å². The fraction of sp³-hybridized carbons (Fsp3) is 0.481.